The van der Waals surface area contributed by atoms with E-state index in [9.17, 15) is 4.79 Å². The van der Waals surface area contributed by atoms with E-state index in [0.29, 0.717) is 0 Å². The van der Waals surface area contributed by atoms with E-state index in [4.69, 9.17) is 4.98 Å². The second-order valence-corrected chi connectivity index (χ2v) is 6.58. The number of rotatable bonds is 5. The van der Waals surface area contributed by atoms with Gasteiger partial charge in [0.2, 0.25) is 5.91 Å². The first kappa shape index (κ1) is 15.2. The minimum Gasteiger partial charge on any atom is -0.358 e. The first-order chi connectivity index (χ1) is 10.8. The summed E-state index contributed by atoms with van der Waals surface area (Å²) in [6.07, 6.45) is 2.91. The van der Waals surface area contributed by atoms with Crippen molar-refractivity contribution in [3.63, 3.8) is 0 Å². The number of hydrogen-bond acceptors (Lipinski definition) is 4. The SMILES string of the molecule is CNC(=O)[C@H]1CCCN1Cc1csc(Cc2ccccc2)n1. The van der Waals surface area contributed by atoms with Crippen molar-refractivity contribution >= 4 is 17.2 Å². The van der Waals surface area contributed by atoms with Gasteiger partial charge in [0, 0.05) is 25.4 Å². The molecule has 1 saturated heterocycles. The fraction of sp³-hybridized carbons (Fsp3) is 0.412. The molecule has 1 aromatic carbocycles. The Morgan fingerprint density at radius 1 is 1.41 bits per heavy atom. The number of thiazole rings is 1. The molecule has 4 nitrogen and oxygen atoms in total. The van der Waals surface area contributed by atoms with E-state index in [-0.39, 0.29) is 11.9 Å². The summed E-state index contributed by atoms with van der Waals surface area (Å²) in [6.45, 7) is 1.74. The third-order valence-corrected chi connectivity index (χ3v) is 4.97. The molecule has 5 heteroatoms. The van der Waals surface area contributed by atoms with Crippen molar-refractivity contribution in [1.29, 1.82) is 0 Å². The van der Waals surface area contributed by atoms with Gasteiger partial charge in [-0.3, -0.25) is 9.69 Å². The number of aromatic nitrogens is 1. The fourth-order valence-corrected chi connectivity index (χ4v) is 3.78. The Morgan fingerprint density at radius 2 is 2.23 bits per heavy atom. The van der Waals surface area contributed by atoms with E-state index in [0.717, 1.165) is 43.1 Å². The number of nitrogens with one attached hydrogen (secondary N) is 1. The maximum absolute atomic E-state index is 11.9. The summed E-state index contributed by atoms with van der Waals surface area (Å²) in [5.41, 5.74) is 2.36. The van der Waals surface area contributed by atoms with Crippen LogP contribution in [0.5, 0.6) is 0 Å². The highest BCUT2D eigenvalue weighted by Crippen LogP contribution is 2.22. The molecule has 22 heavy (non-hydrogen) atoms. The predicted octanol–water partition coefficient (Wildman–Crippen LogP) is 2.44. The topological polar surface area (TPSA) is 45.2 Å². The van der Waals surface area contributed by atoms with E-state index in [1.165, 1.54) is 5.56 Å². The first-order valence-electron chi connectivity index (χ1n) is 7.69. The molecule has 0 spiro atoms. The van der Waals surface area contributed by atoms with E-state index >= 15 is 0 Å². The van der Waals surface area contributed by atoms with Crippen molar-refractivity contribution in [2.75, 3.05) is 13.6 Å². The van der Waals surface area contributed by atoms with E-state index in [2.05, 4.69) is 39.9 Å². The lowest BCUT2D eigenvalue weighted by Gasteiger charge is -2.21. The van der Waals surface area contributed by atoms with Crippen LogP contribution < -0.4 is 5.32 Å². The van der Waals surface area contributed by atoms with Gasteiger partial charge in [-0.05, 0) is 24.9 Å². The Morgan fingerprint density at radius 3 is 3.00 bits per heavy atom. The summed E-state index contributed by atoms with van der Waals surface area (Å²) in [4.78, 5) is 18.9. The first-order valence-corrected chi connectivity index (χ1v) is 8.57. The van der Waals surface area contributed by atoms with Crippen LogP contribution in [0.2, 0.25) is 0 Å². The number of benzene rings is 1. The van der Waals surface area contributed by atoms with Crippen molar-refractivity contribution in [3.8, 4) is 0 Å². The second-order valence-electron chi connectivity index (χ2n) is 5.64. The van der Waals surface area contributed by atoms with Gasteiger partial charge in [0.05, 0.1) is 16.7 Å². The number of nitrogens with zero attached hydrogens (tertiary/aromatic N) is 2. The van der Waals surface area contributed by atoms with Gasteiger partial charge in [0.15, 0.2) is 0 Å². The van der Waals surface area contributed by atoms with E-state index in [1.807, 2.05) is 6.07 Å². The molecule has 0 radical (unpaired) electrons. The van der Waals surface area contributed by atoms with Crippen LogP contribution in [0.1, 0.15) is 29.1 Å². The molecule has 0 aliphatic carbocycles. The monoisotopic (exact) mass is 315 g/mol. The molecule has 1 aromatic heterocycles. The Hall–Kier alpha value is -1.72. The molecule has 3 rings (SSSR count). The Kier molecular flexibility index (Phi) is 4.85. The van der Waals surface area contributed by atoms with Gasteiger partial charge in [-0.2, -0.15) is 0 Å². The van der Waals surface area contributed by atoms with Crippen LogP contribution in [0.4, 0.5) is 0 Å². The number of carbonyl (C=O) groups excluding carboxylic acids is 1. The fourth-order valence-electron chi connectivity index (χ4n) is 2.96. The zero-order valence-corrected chi connectivity index (χ0v) is 13.6. The molecule has 1 atom stereocenters. The average molecular weight is 315 g/mol. The third-order valence-electron chi connectivity index (χ3n) is 4.08. The number of amides is 1. The largest absolute Gasteiger partial charge is 0.358 e. The molecule has 1 N–H and O–H groups in total. The van der Waals surface area contributed by atoms with Crippen LogP contribution in [0.15, 0.2) is 35.7 Å². The quantitative estimate of drug-likeness (QED) is 0.922. The zero-order valence-electron chi connectivity index (χ0n) is 12.8. The van der Waals surface area contributed by atoms with Gasteiger partial charge in [-0.1, -0.05) is 30.3 Å². The van der Waals surface area contributed by atoms with Gasteiger partial charge < -0.3 is 5.32 Å². The molecule has 1 fully saturated rings. The van der Waals surface area contributed by atoms with E-state index < -0.39 is 0 Å². The lowest BCUT2D eigenvalue weighted by Crippen LogP contribution is -2.41. The second kappa shape index (κ2) is 7.03. The summed E-state index contributed by atoms with van der Waals surface area (Å²) in [6, 6.07) is 10.4. The van der Waals surface area contributed by atoms with Gasteiger partial charge in [-0.25, -0.2) is 4.98 Å². The van der Waals surface area contributed by atoms with Crippen LogP contribution >= 0.6 is 11.3 Å². The van der Waals surface area contributed by atoms with Gasteiger partial charge in [0.1, 0.15) is 0 Å². The molecule has 2 aromatic rings. The molecule has 2 heterocycles. The molecule has 0 unspecified atom stereocenters. The molecule has 116 valence electrons. The number of hydrogen-bond donors (Lipinski definition) is 1. The third kappa shape index (κ3) is 3.54. The minimum absolute atomic E-state index is 0.00396. The molecule has 1 aliphatic heterocycles. The lowest BCUT2D eigenvalue weighted by atomic mass is 10.2. The van der Waals surface area contributed by atoms with Crippen LogP contribution in [0.25, 0.3) is 0 Å². The highest BCUT2D eigenvalue weighted by Gasteiger charge is 2.30. The molecular weight excluding hydrogens is 294 g/mol. The lowest BCUT2D eigenvalue weighted by molar-refractivity contribution is -0.125. The standard InChI is InChI=1S/C17H21N3OS/c1-18-17(21)15-8-5-9-20(15)11-14-12-22-16(19-14)10-13-6-3-2-4-7-13/h2-4,6-7,12,15H,5,8-11H2,1H3,(H,18,21)/t15-/m1/s1. The maximum atomic E-state index is 11.9. The Balaban J connectivity index is 1.63. The van der Waals surface area contributed by atoms with Crippen molar-refractivity contribution in [2.24, 2.45) is 0 Å². The highest BCUT2D eigenvalue weighted by molar-refractivity contribution is 7.09. The van der Waals surface area contributed by atoms with Crippen LogP contribution in [-0.2, 0) is 17.8 Å². The summed E-state index contributed by atoms with van der Waals surface area (Å²) < 4.78 is 0. The normalized spacial score (nSPS) is 18.5. The summed E-state index contributed by atoms with van der Waals surface area (Å²) in [5, 5.41) is 6.02. The maximum Gasteiger partial charge on any atom is 0.237 e. The van der Waals surface area contributed by atoms with E-state index in [1.54, 1.807) is 18.4 Å². The van der Waals surface area contributed by atoms with Crippen molar-refractivity contribution < 1.29 is 4.79 Å². The molecule has 0 bridgehead atoms. The highest BCUT2D eigenvalue weighted by atomic mass is 32.1. The number of likely N-dealkylation sites (tertiary alicyclic amines) is 1. The van der Waals surface area contributed by atoms with Crippen LogP contribution in [0.3, 0.4) is 0 Å². The average Bonchev–Trinajstić information content (AvgIpc) is 3.18. The number of carbonyl (C=O) groups is 1. The molecule has 0 saturated carbocycles. The van der Waals surface area contributed by atoms with Gasteiger partial charge >= 0.3 is 0 Å². The Labute approximate surface area is 135 Å². The minimum atomic E-state index is 0.00396. The predicted molar refractivity (Wildman–Crippen MR) is 88.9 cm³/mol. The van der Waals surface area contributed by atoms with Gasteiger partial charge in [-0.15, -0.1) is 11.3 Å². The van der Waals surface area contributed by atoms with Crippen molar-refractivity contribution in [2.45, 2.75) is 31.8 Å². The van der Waals surface area contributed by atoms with Crippen LogP contribution in [0, 0.1) is 0 Å². The smallest absolute Gasteiger partial charge is 0.237 e. The zero-order chi connectivity index (χ0) is 15.4. The summed E-state index contributed by atoms with van der Waals surface area (Å²) in [5.74, 6) is 0.122. The van der Waals surface area contributed by atoms with Crippen molar-refractivity contribution in [3.05, 3.63) is 52.0 Å². The van der Waals surface area contributed by atoms with Crippen LogP contribution in [-0.4, -0.2) is 35.4 Å². The van der Waals surface area contributed by atoms with Crippen molar-refractivity contribution in [1.82, 2.24) is 15.2 Å². The molecular formula is C17H21N3OS. The molecule has 1 amide bonds. The molecule has 1 aliphatic rings. The van der Waals surface area contributed by atoms with Gasteiger partial charge in [0.25, 0.3) is 0 Å². The Bertz CT molecular complexity index is 626. The number of likely N-dealkylation sites (N-methyl/N-ethyl adjacent to an activating group) is 1. The summed E-state index contributed by atoms with van der Waals surface area (Å²) in [7, 11) is 1.71. The summed E-state index contributed by atoms with van der Waals surface area (Å²) >= 11 is 1.70.